The van der Waals surface area contributed by atoms with Gasteiger partial charge in [0, 0.05) is 30.0 Å². The van der Waals surface area contributed by atoms with Crippen LogP contribution >= 0.6 is 12.4 Å². The Labute approximate surface area is 172 Å². The molecule has 1 fully saturated rings. The van der Waals surface area contributed by atoms with Crippen molar-refractivity contribution < 1.29 is 13.2 Å². The molecule has 1 amide bonds. The summed E-state index contributed by atoms with van der Waals surface area (Å²) in [5.41, 5.74) is 8.77. The topological polar surface area (TPSA) is 92.5 Å². The van der Waals surface area contributed by atoms with Gasteiger partial charge in [-0.3, -0.25) is 4.79 Å². The van der Waals surface area contributed by atoms with Gasteiger partial charge in [-0.1, -0.05) is 18.6 Å². The van der Waals surface area contributed by atoms with E-state index in [4.69, 9.17) is 5.73 Å². The van der Waals surface area contributed by atoms with Crippen molar-refractivity contribution in [2.75, 3.05) is 24.1 Å². The number of anilines is 2. The first-order chi connectivity index (χ1) is 12.8. The number of halogens is 1. The van der Waals surface area contributed by atoms with Crippen LogP contribution in [0.4, 0.5) is 11.4 Å². The van der Waals surface area contributed by atoms with Crippen LogP contribution in [0.3, 0.4) is 0 Å². The standard InChI is InChI=1S/C20H25N3O3S.ClH/c1-14-7-9-17(21)13-18(14)22-20(24)16-8-6-15(2)19(12-16)27(25,26)23-10-4-3-5-11-23;/h6-9,12-13H,3-5,10-11,21H2,1-2H3,(H,22,24);1H. The third-order valence-electron chi connectivity index (χ3n) is 4.89. The Kier molecular flexibility index (Phi) is 7.09. The number of hydrogen-bond donors (Lipinski definition) is 2. The summed E-state index contributed by atoms with van der Waals surface area (Å²) in [4.78, 5) is 12.9. The Morgan fingerprint density at radius 3 is 2.32 bits per heavy atom. The lowest BCUT2D eigenvalue weighted by Crippen LogP contribution is -2.36. The maximum Gasteiger partial charge on any atom is 0.255 e. The van der Waals surface area contributed by atoms with Gasteiger partial charge in [0.25, 0.3) is 5.91 Å². The van der Waals surface area contributed by atoms with E-state index in [9.17, 15) is 13.2 Å². The summed E-state index contributed by atoms with van der Waals surface area (Å²) in [7, 11) is -3.60. The molecule has 3 N–H and O–H groups in total. The van der Waals surface area contributed by atoms with Crippen molar-refractivity contribution in [3.8, 4) is 0 Å². The van der Waals surface area contributed by atoms with E-state index in [0.717, 1.165) is 24.8 Å². The van der Waals surface area contributed by atoms with Crippen LogP contribution in [0.2, 0.25) is 0 Å². The van der Waals surface area contributed by atoms with E-state index in [1.54, 1.807) is 31.2 Å². The van der Waals surface area contributed by atoms with Gasteiger partial charge in [-0.15, -0.1) is 12.4 Å². The number of amides is 1. The first kappa shape index (κ1) is 22.2. The minimum Gasteiger partial charge on any atom is -0.399 e. The highest BCUT2D eigenvalue weighted by Crippen LogP contribution is 2.25. The van der Waals surface area contributed by atoms with Crippen LogP contribution in [0.25, 0.3) is 0 Å². The van der Waals surface area contributed by atoms with Crippen molar-refractivity contribution in [2.24, 2.45) is 0 Å². The highest BCUT2D eigenvalue weighted by molar-refractivity contribution is 7.89. The van der Waals surface area contributed by atoms with E-state index in [0.29, 0.717) is 35.6 Å². The number of aryl methyl sites for hydroxylation is 2. The average Bonchev–Trinajstić information content (AvgIpc) is 2.65. The molecule has 8 heteroatoms. The highest BCUT2D eigenvalue weighted by atomic mass is 35.5. The molecular weight excluding hydrogens is 398 g/mol. The molecule has 0 bridgehead atoms. The van der Waals surface area contributed by atoms with Crippen molar-refractivity contribution in [3.05, 3.63) is 53.1 Å². The van der Waals surface area contributed by atoms with Gasteiger partial charge in [0.05, 0.1) is 4.90 Å². The van der Waals surface area contributed by atoms with Crippen LogP contribution in [0, 0.1) is 13.8 Å². The summed E-state index contributed by atoms with van der Waals surface area (Å²) in [6.07, 6.45) is 2.79. The van der Waals surface area contributed by atoms with Crippen LogP contribution in [-0.4, -0.2) is 31.7 Å². The predicted molar refractivity (Wildman–Crippen MR) is 115 cm³/mol. The number of carbonyl (C=O) groups excluding carboxylic acids is 1. The fourth-order valence-electron chi connectivity index (χ4n) is 3.23. The Balaban J connectivity index is 0.00000280. The lowest BCUT2D eigenvalue weighted by Gasteiger charge is -2.26. The zero-order valence-corrected chi connectivity index (χ0v) is 17.7. The molecule has 152 valence electrons. The fraction of sp³-hybridized carbons (Fsp3) is 0.350. The second-order valence-electron chi connectivity index (χ2n) is 6.97. The molecule has 2 aromatic rings. The molecule has 0 aromatic heterocycles. The number of carbonyl (C=O) groups is 1. The molecule has 0 unspecified atom stereocenters. The molecule has 0 atom stereocenters. The molecule has 0 spiro atoms. The lowest BCUT2D eigenvalue weighted by molar-refractivity contribution is 0.102. The second kappa shape index (κ2) is 8.94. The number of nitrogens with two attached hydrogens (primary N) is 1. The number of sulfonamides is 1. The zero-order chi connectivity index (χ0) is 19.6. The van der Waals surface area contributed by atoms with Gasteiger partial charge in [-0.2, -0.15) is 4.31 Å². The zero-order valence-electron chi connectivity index (χ0n) is 16.1. The molecule has 1 aliphatic heterocycles. The highest BCUT2D eigenvalue weighted by Gasteiger charge is 2.28. The van der Waals surface area contributed by atoms with Gasteiger partial charge < -0.3 is 11.1 Å². The smallest absolute Gasteiger partial charge is 0.255 e. The lowest BCUT2D eigenvalue weighted by atomic mass is 10.1. The second-order valence-corrected chi connectivity index (χ2v) is 8.88. The maximum absolute atomic E-state index is 13.0. The number of hydrogen-bond acceptors (Lipinski definition) is 4. The number of nitrogen functional groups attached to an aromatic ring is 1. The van der Waals surface area contributed by atoms with Crippen molar-refractivity contribution >= 4 is 39.7 Å². The Hall–Kier alpha value is -2.09. The van der Waals surface area contributed by atoms with E-state index in [1.807, 2.05) is 13.0 Å². The summed E-state index contributed by atoms with van der Waals surface area (Å²) >= 11 is 0. The summed E-state index contributed by atoms with van der Waals surface area (Å²) in [5, 5.41) is 2.82. The molecular formula is C20H26ClN3O3S. The third kappa shape index (κ3) is 4.66. The minimum absolute atomic E-state index is 0. The summed E-state index contributed by atoms with van der Waals surface area (Å²) < 4.78 is 27.6. The van der Waals surface area contributed by atoms with Crippen LogP contribution in [0.5, 0.6) is 0 Å². The van der Waals surface area contributed by atoms with E-state index >= 15 is 0 Å². The summed E-state index contributed by atoms with van der Waals surface area (Å²) in [6.45, 7) is 4.68. The number of piperidine rings is 1. The summed E-state index contributed by atoms with van der Waals surface area (Å²) in [6, 6.07) is 10.1. The molecule has 0 radical (unpaired) electrons. The normalized spacial score (nSPS) is 14.9. The fourth-order valence-corrected chi connectivity index (χ4v) is 5.00. The molecule has 1 aliphatic rings. The average molecular weight is 424 g/mol. The van der Waals surface area contributed by atoms with Gasteiger partial charge in [0.15, 0.2) is 0 Å². The number of nitrogens with zero attached hydrogens (tertiary/aromatic N) is 1. The van der Waals surface area contributed by atoms with E-state index in [-0.39, 0.29) is 23.2 Å². The van der Waals surface area contributed by atoms with Gasteiger partial charge in [-0.05, 0) is 62.1 Å². The van der Waals surface area contributed by atoms with E-state index < -0.39 is 10.0 Å². The van der Waals surface area contributed by atoms with E-state index in [1.165, 1.54) is 10.4 Å². The third-order valence-corrected chi connectivity index (χ3v) is 6.93. The molecule has 0 saturated carbocycles. The first-order valence-electron chi connectivity index (χ1n) is 9.07. The maximum atomic E-state index is 13.0. The Bertz CT molecular complexity index is 971. The van der Waals surface area contributed by atoms with Crippen molar-refractivity contribution in [1.29, 1.82) is 0 Å². The first-order valence-corrected chi connectivity index (χ1v) is 10.5. The van der Waals surface area contributed by atoms with Crippen LogP contribution < -0.4 is 11.1 Å². The van der Waals surface area contributed by atoms with Gasteiger partial charge in [0.1, 0.15) is 0 Å². The molecule has 2 aromatic carbocycles. The SMILES string of the molecule is Cc1ccc(N)cc1NC(=O)c1ccc(C)c(S(=O)(=O)N2CCCCC2)c1.Cl. The molecule has 6 nitrogen and oxygen atoms in total. The largest absolute Gasteiger partial charge is 0.399 e. The minimum atomic E-state index is -3.60. The molecule has 1 heterocycles. The van der Waals surface area contributed by atoms with Gasteiger partial charge >= 0.3 is 0 Å². The van der Waals surface area contributed by atoms with Crippen molar-refractivity contribution in [1.82, 2.24) is 4.31 Å². The Morgan fingerprint density at radius 1 is 1.00 bits per heavy atom. The quantitative estimate of drug-likeness (QED) is 0.732. The van der Waals surface area contributed by atoms with Crippen LogP contribution in [0.1, 0.15) is 40.7 Å². The Morgan fingerprint density at radius 2 is 1.64 bits per heavy atom. The summed E-state index contributed by atoms with van der Waals surface area (Å²) in [5.74, 6) is -0.362. The van der Waals surface area contributed by atoms with Gasteiger partial charge in [-0.25, -0.2) is 8.42 Å². The molecule has 3 rings (SSSR count). The number of nitrogens with one attached hydrogen (secondary N) is 1. The van der Waals surface area contributed by atoms with Crippen molar-refractivity contribution in [2.45, 2.75) is 38.0 Å². The van der Waals surface area contributed by atoms with Gasteiger partial charge in [0.2, 0.25) is 10.0 Å². The molecule has 28 heavy (non-hydrogen) atoms. The molecule has 1 saturated heterocycles. The van der Waals surface area contributed by atoms with E-state index in [2.05, 4.69) is 5.32 Å². The number of benzene rings is 2. The molecule has 0 aliphatic carbocycles. The van der Waals surface area contributed by atoms with Crippen LogP contribution in [-0.2, 0) is 10.0 Å². The number of rotatable bonds is 4. The van der Waals surface area contributed by atoms with Crippen LogP contribution in [0.15, 0.2) is 41.3 Å². The van der Waals surface area contributed by atoms with Crippen molar-refractivity contribution in [3.63, 3.8) is 0 Å². The predicted octanol–water partition coefficient (Wildman–Crippen LogP) is 3.73. The monoisotopic (exact) mass is 423 g/mol.